The smallest absolute Gasteiger partial charge is 0.293 e. The molecule has 0 aliphatic rings. The van der Waals surface area contributed by atoms with Crippen LogP contribution >= 0.6 is 0 Å². The number of carbonyl (C=O) groups excluding carboxylic acids is 1. The van der Waals surface area contributed by atoms with Crippen LogP contribution in [0, 0.1) is 0 Å². The van der Waals surface area contributed by atoms with Crippen LogP contribution in [0.15, 0.2) is 17.2 Å². The van der Waals surface area contributed by atoms with Crippen LogP contribution in [0.1, 0.15) is 20.8 Å². The first-order valence-corrected chi connectivity index (χ1v) is 5.75. The number of amides is 1. The molecule has 0 saturated heterocycles. The topological polar surface area (TPSA) is 67.2 Å². The van der Waals surface area contributed by atoms with Crippen LogP contribution in [0.4, 0.5) is 5.82 Å². The molecule has 6 nitrogen and oxygen atoms in total. The minimum atomic E-state index is -0.317. The quantitative estimate of drug-likeness (QED) is 0.850. The normalized spacial score (nSPS) is 11.2. The maximum absolute atomic E-state index is 12.1. The lowest BCUT2D eigenvalue weighted by Gasteiger charge is -2.22. The van der Waals surface area contributed by atoms with Crippen LogP contribution in [0.25, 0.3) is 0 Å². The number of likely N-dealkylation sites (N-methyl/N-ethyl adjacent to an activating group) is 1. The van der Waals surface area contributed by atoms with Crippen molar-refractivity contribution in [3.8, 4) is 0 Å². The molecule has 0 bridgehead atoms. The third kappa shape index (κ3) is 3.32. The summed E-state index contributed by atoms with van der Waals surface area (Å²) in [6, 6.07) is 0. The van der Waals surface area contributed by atoms with E-state index in [4.69, 9.17) is 0 Å². The Hall–Kier alpha value is -1.85. The van der Waals surface area contributed by atoms with Gasteiger partial charge in [-0.25, -0.2) is 4.98 Å². The van der Waals surface area contributed by atoms with Crippen molar-refractivity contribution in [1.29, 1.82) is 0 Å². The van der Waals surface area contributed by atoms with Crippen LogP contribution in [-0.4, -0.2) is 41.0 Å². The fraction of sp³-hybridized carbons (Fsp3) is 0.583. The van der Waals surface area contributed by atoms with Gasteiger partial charge in [0.25, 0.3) is 5.56 Å². The highest BCUT2D eigenvalue weighted by molar-refractivity contribution is 5.79. The molecule has 1 heterocycles. The maximum atomic E-state index is 12.1. The van der Waals surface area contributed by atoms with Crippen LogP contribution in [0.3, 0.4) is 0 Å². The Labute approximate surface area is 107 Å². The van der Waals surface area contributed by atoms with Gasteiger partial charge in [-0.1, -0.05) is 0 Å². The zero-order chi connectivity index (χ0) is 13.9. The molecule has 0 aromatic carbocycles. The van der Waals surface area contributed by atoms with Crippen LogP contribution in [0.5, 0.6) is 0 Å². The van der Waals surface area contributed by atoms with Crippen LogP contribution < -0.4 is 10.9 Å². The van der Waals surface area contributed by atoms with E-state index < -0.39 is 0 Å². The maximum Gasteiger partial charge on any atom is 0.293 e. The Morgan fingerprint density at radius 1 is 1.44 bits per heavy atom. The molecule has 1 rings (SSSR count). The Balaban J connectivity index is 2.93. The van der Waals surface area contributed by atoms with Crippen molar-refractivity contribution < 1.29 is 4.79 Å². The minimum Gasteiger partial charge on any atom is -0.356 e. The van der Waals surface area contributed by atoms with E-state index in [0.29, 0.717) is 0 Å². The molecule has 1 aromatic heterocycles. The molecule has 18 heavy (non-hydrogen) atoms. The summed E-state index contributed by atoms with van der Waals surface area (Å²) in [5.74, 6) is 0.0880. The van der Waals surface area contributed by atoms with Crippen molar-refractivity contribution in [3.05, 3.63) is 22.7 Å². The Morgan fingerprint density at radius 3 is 2.56 bits per heavy atom. The molecule has 0 saturated carbocycles. The summed E-state index contributed by atoms with van der Waals surface area (Å²) in [5, 5.41) is 2.77. The molecular formula is C12H20N4O2. The number of nitrogens with one attached hydrogen (secondary N) is 1. The van der Waals surface area contributed by atoms with Gasteiger partial charge >= 0.3 is 0 Å². The zero-order valence-corrected chi connectivity index (χ0v) is 11.5. The van der Waals surface area contributed by atoms with Gasteiger partial charge in [-0.3, -0.25) is 9.59 Å². The predicted molar refractivity (Wildman–Crippen MR) is 70.7 cm³/mol. The number of rotatable bonds is 3. The van der Waals surface area contributed by atoms with Gasteiger partial charge in [0.2, 0.25) is 5.91 Å². The Kier molecular flexibility index (Phi) is 4.11. The summed E-state index contributed by atoms with van der Waals surface area (Å²) in [6.45, 7) is 5.86. The summed E-state index contributed by atoms with van der Waals surface area (Å²) in [6.07, 6.45) is 3.19. The van der Waals surface area contributed by atoms with Crippen molar-refractivity contribution in [1.82, 2.24) is 14.5 Å². The molecule has 0 unspecified atom stereocenters. The van der Waals surface area contributed by atoms with Crippen molar-refractivity contribution >= 4 is 11.7 Å². The SMILES string of the molecule is CN(C)C(=O)CNc1nccn(C(C)(C)C)c1=O. The number of hydrogen-bond acceptors (Lipinski definition) is 4. The van der Waals surface area contributed by atoms with Gasteiger partial charge in [0, 0.05) is 32.0 Å². The van der Waals surface area contributed by atoms with Gasteiger partial charge in [0.05, 0.1) is 6.54 Å². The lowest BCUT2D eigenvalue weighted by molar-refractivity contribution is -0.126. The Morgan fingerprint density at radius 2 is 2.06 bits per heavy atom. The monoisotopic (exact) mass is 252 g/mol. The molecule has 1 N–H and O–H groups in total. The summed E-state index contributed by atoms with van der Waals surface area (Å²) in [7, 11) is 3.33. The first kappa shape index (κ1) is 14.2. The molecule has 100 valence electrons. The lowest BCUT2D eigenvalue weighted by Crippen LogP contribution is -2.36. The first-order valence-electron chi connectivity index (χ1n) is 5.75. The standard InChI is InChI=1S/C12H20N4O2/c1-12(2,3)16-7-6-13-10(11(16)18)14-8-9(17)15(4)5/h6-7H,8H2,1-5H3,(H,13,14). The molecule has 1 aromatic rings. The first-order chi connectivity index (χ1) is 8.23. The fourth-order valence-corrected chi connectivity index (χ4v) is 1.38. The lowest BCUT2D eigenvalue weighted by atomic mass is 10.1. The van der Waals surface area contributed by atoms with Crippen LogP contribution in [-0.2, 0) is 10.3 Å². The van der Waals surface area contributed by atoms with E-state index >= 15 is 0 Å². The minimum absolute atomic E-state index is 0.0589. The van der Waals surface area contributed by atoms with E-state index in [1.54, 1.807) is 31.1 Å². The Bertz CT molecular complexity index is 486. The highest BCUT2D eigenvalue weighted by atomic mass is 16.2. The van der Waals surface area contributed by atoms with E-state index in [0.717, 1.165) is 0 Å². The second-order valence-electron chi connectivity index (χ2n) is 5.26. The van der Waals surface area contributed by atoms with E-state index in [1.165, 1.54) is 4.90 Å². The third-order valence-electron chi connectivity index (χ3n) is 2.47. The average molecular weight is 252 g/mol. The van der Waals surface area contributed by atoms with Gasteiger partial charge < -0.3 is 14.8 Å². The van der Waals surface area contributed by atoms with Gasteiger partial charge in [-0.15, -0.1) is 0 Å². The number of hydrogen-bond donors (Lipinski definition) is 1. The number of nitrogens with zero attached hydrogens (tertiary/aromatic N) is 3. The largest absolute Gasteiger partial charge is 0.356 e. The highest BCUT2D eigenvalue weighted by Gasteiger charge is 2.16. The van der Waals surface area contributed by atoms with Crippen molar-refractivity contribution in [2.24, 2.45) is 0 Å². The summed E-state index contributed by atoms with van der Waals surface area (Å²) in [5.41, 5.74) is -0.543. The van der Waals surface area contributed by atoms with E-state index in [2.05, 4.69) is 10.3 Å². The zero-order valence-electron chi connectivity index (χ0n) is 11.5. The number of anilines is 1. The number of carbonyl (C=O) groups is 1. The molecule has 0 aliphatic carbocycles. The van der Waals surface area contributed by atoms with Crippen molar-refractivity contribution in [2.75, 3.05) is 26.0 Å². The molecule has 6 heteroatoms. The molecule has 0 spiro atoms. The van der Waals surface area contributed by atoms with E-state index in [1.807, 2.05) is 20.8 Å². The third-order valence-corrected chi connectivity index (χ3v) is 2.47. The van der Waals surface area contributed by atoms with Gasteiger partial charge in [-0.2, -0.15) is 0 Å². The van der Waals surface area contributed by atoms with E-state index in [-0.39, 0.29) is 29.4 Å². The molecule has 0 fully saturated rings. The average Bonchev–Trinajstić information content (AvgIpc) is 2.25. The van der Waals surface area contributed by atoms with Crippen molar-refractivity contribution in [2.45, 2.75) is 26.3 Å². The number of aromatic nitrogens is 2. The van der Waals surface area contributed by atoms with Gasteiger partial charge in [0.1, 0.15) is 0 Å². The molecular weight excluding hydrogens is 232 g/mol. The second-order valence-corrected chi connectivity index (χ2v) is 5.26. The molecule has 0 atom stereocenters. The molecule has 0 aliphatic heterocycles. The molecule has 1 amide bonds. The summed E-state index contributed by atoms with van der Waals surface area (Å²) < 4.78 is 1.59. The van der Waals surface area contributed by atoms with Gasteiger partial charge in [-0.05, 0) is 20.8 Å². The summed E-state index contributed by atoms with van der Waals surface area (Å²) in [4.78, 5) is 29.0. The van der Waals surface area contributed by atoms with Crippen molar-refractivity contribution in [3.63, 3.8) is 0 Å². The fourth-order valence-electron chi connectivity index (χ4n) is 1.38. The second kappa shape index (κ2) is 5.20. The molecule has 0 radical (unpaired) electrons. The predicted octanol–water partition coefficient (Wildman–Crippen LogP) is 0.498. The van der Waals surface area contributed by atoms with E-state index in [9.17, 15) is 9.59 Å². The van der Waals surface area contributed by atoms with Crippen LogP contribution in [0.2, 0.25) is 0 Å². The summed E-state index contributed by atoms with van der Waals surface area (Å²) >= 11 is 0. The highest BCUT2D eigenvalue weighted by Crippen LogP contribution is 2.10. The van der Waals surface area contributed by atoms with Gasteiger partial charge in [0.15, 0.2) is 5.82 Å².